The third kappa shape index (κ3) is 5.89. The van der Waals surface area contributed by atoms with Gasteiger partial charge >= 0.3 is 12.4 Å². The molecule has 4 N–H and O–H groups in total. The molecule has 1 atom stereocenters. The third-order valence-corrected chi connectivity index (χ3v) is 6.01. The van der Waals surface area contributed by atoms with Crippen molar-refractivity contribution in [3.05, 3.63) is 74.4 Å². The van der Waals surface area contributed by atoms with Gasteiger partial charge in [-0.05, 0) is 43.4 Å². The van der Waals surface area contributed by atoms with Gasteiger partial charge in [-0.25, -0.2) is 19.5 Å². The van der Waals surface area contributed by atoms with Crippen molar-refractivity contribution in [1.82, 2.24) is 24.7 Å². The molecular formula is C24H20F7N7O2. The van der Waals surface area contributed by atoms with Crippen LogP contribution in [0.5, 0.6) is 0 Å². The number of alkyl halides is 6. The lowest BCUT2D eigenvalue weighted by atomic mass is 10.1. The highest BCUT2D eigenvalue weighted by molar-refractivity contribution is 5.86. The summed E-state index contributed by atoms with van der Waals surface area (Å²) < 4.78 is 94.6. The second-order valence-electron chi connectivity index (χ2n) is 8.90. The van der Waals surface area contributed by atoms with Gasteiger partial charge in [-0.3, -0.25) is 9.59 Å². The van der Waals surface area contributed by atoms with Gasteiger partial charge < -0.3 is 15.6 Å². The molecule has 0 fully saturated rings. The molecule has 9 nitrogen and oxygen atoms in total. The van der Waals surface area contributed by atoms with Crippen molar-refractivity contribution in [3.63, 3.8) is 0 Å². The molecule has 3 aromatic heterocycles. The molecule has 0 bridgehead atoms. The van der Waals surface area contributed by atoms with Gasteiger partial charge in [0.25, 0.3) is 11.1 Å². The number of pyridine rings is 1. The monoisotopic (exact) mass is 571 g/mol. The van der Waals surface area contributed by atoms with Crippen molar-refractivity contribution in [3.8, 4) is 11.4 Å². The summed E-state index contributed by atoms with van der Waals surface area (Å²) in [6.45, 7) is 1.74. The van der Waals surface area contributed by atoms with Gasteiger partial charge in [0, 0.05) is 25.0 Å². The van der Waals surface area contributed by atoms with Gasteiger partial charge in [-0.2, -0.15) is 31.4 Å². The molecule has 1 unspecified atom stereocenters. The van der Waals surface area contributed by atoms with E-state index in [0.717, 1.165) is 12.3 Å². The number of nitrogen functional groups attached to an aromatic ring is 1. The number of nitrogens with one attached hydrogen (secondary N) is 2. The van der Waals surface area contributed by atoms with Crippen LogP contribution in [0, 0.1) is 5.82 Å². The van der Waals surface area contributed by atoms with E-state index in [1.165, 1.54) is 22.9 Å². The van der Waals surface area contributed by atoms with Gasteiger partial charge in [0.15, 0.2) is 5.82 Å². The minimum atomic E-state index is -4.89. The Hall–Kier alpha value is -4.50. The van der Waals surface area contributed by atoms with Crippen LogP contribution in [0.15, 0.2) is 46.4 Å². The zero-order chi connectivity index (χ0) is 29.4. The first-order valence-electron chi connectivity index (χ1n) is 11.6. The predicted octanol–water partition coefficient (Wildman–Crippen LogP) is 4.58. The molecule has 0 saturated heterocycles. The van der Waals surface area contributed by atoms with Crippen LogP contribution in [0.4, 0.5) is 42.2 Å². The van der Waals surface area contributed by atoms with Crippen molar-refractivity contribution in [2.75, 3.05) is 11.1 Å². The van der Waals surface area contributed by atoms with E-state index in [9.17, 15) is 40.3 Å². The van der Waals surface area contributed by atoms with Crippen LogP contribution in [0.1, 0.15) is 30.9 Å². The zero-order valence-corrected chi connectivity index (χ0v) is 20.5. The van der Waals surface area contributed by atoms with E-state index in [1.54, 1.807) is 12.0 Å². The fourth-order valence-corrected chi connectivity index (χ4v) is 4.09. The van der Waals surface area contributed by atoms with Crippen LogP contribution in [-0.2, 0) is 18.9 Å². The Labute approximate surface area is 219 Å². The number of hydrogen-bond acceptors (Lipinski definition) is 7. The largest absolute Gasteiger partial charge is 0.423 e. The van der Waals surface area contributed by atoms with Gasteiger partial charge in [-0.1, -0.05) is 0 Å². The Morgan fingerprint density at radius 1 is 1.10 bits per heavy atom. The van der Waals surface area contributed by atoms with Gasteiger partial charge in [0.2, 0.25) is 0 Å². The molecule has 0 saturated carbocycles. The average molecular weight is 571 g/mol. The Morgan fingerprint density at radius 3 is 2.48 bits per heavy atom. The number of nitrogens with zero attached hydrogens (tertiary/aromatic N) is 4. The second kappa shape index (κ2) is 10.6. The lowest BCUT2D eigenvalue weighted by Crippen LogP contribution is -2.27. The molecule has 4 aromatic rings. The van der Waals surface area contributed by atoms with Crippen molar-refractivity contribution in [2.45, 2.75) is 44.7 Å². The molecule has 0 spiro atoms. The lowest BCUT2D eigenvalue weighted by molar-refractivity contribution is -0.138. The SMILES string of the molecule is CC(CCCn1ccc2cc(-c3ncc(C(F)(F)F)c(N)n3)c(F)cc2c1=O)Nc1cn[nH]c(=O)c1C(F)(F)F. The van der Waals surface area contributed by atoms with E-state index in [1.807, 2.05) is 0 Å². The number of anilines is 2. The molecule has 0 aliphatic carbocycles. The molecule has 212 valence electrons. The van der Waals surface area contributed by atoms with Crippen LogP contribution >= 0.6 is 0 Å². The van der Waals surface area contributed by atoms with Crippen molar-refractivity contribution >= 4 is 22.3 Å². The highest BCUT2D eigenvalue weighted by atomic mass is 19.4. The molecule has 0 radical (unpaired) electrons. The maximum absolute atomic E-state index is 14.9. The summed E-state index contributed by atoms with van der Waals surface area (Å²) in [6, 6.07) is 3.10. The van der Waals surface area contributed by atoms with E-state index < -0.39 is 58.0 Å². The first-order valence-corrected chi connectivity index (χ1v) is 11.6. The highest BCUT2D eigenvalue weighted by Crippen LogP contribution is 2.34. The van der Waals surface area contributed by atoms with E-state index in [-0.39, 0.29) is 28.7 Å². The maximum atomic E-state index is 14.9. The average Bonchev–Trinajstić information content (AvgIpc) is 2.84. The van der Waals surface area contributed by atoms with Crippen LogP contribution in [0.25, 0.3) is 22.2 Å². The van der Waals surface area contributed by atoms with Crippen LogP contribution in [-0.4, -0.2) is 30.8 Å². The van der Waals surface area contributed by atoms with Crippen molar-refractivity contribution < 1.29 is 30.7 Å². The fraction of sp³-hybridized carbons (Fsp3) is 0.292. The Balaban J connectivity index is 1.50. The number of rotatable bonds is 7. The molecule has 0 aliphatic heterocycles. The Bertz CT molecular complexity index is 1680. The van der Waals surface area contributed by atoms with Crippen LogP contribution in [0.2, 0.25) is 0 Å². The number of aromatic nitrogens is 5. The second-order valence-corrected chi connectivity index (χ2v) is 8.90. The molecule has 4 rings (SSSR count). The van der Waals surface area contributed by atoms with Crippen molar-refractivity contribution in [1.29, 1.82) is 0 Å². The summed E-state index contributed by atoms with van der Waals surface area (Å²) in [7, 11) is 0. The topological polar surface area (TPSA) is 132 Å². The minimum Gasteiger partial charge on any atom is -0.383 e. The maximum Gasteiger partial charge on any atom is 0.423 e. The van der Waals surface area contributed by atoms with Crippen LogP contribution < -0.4 is 22.2 Å². The summed E-state index contributed by atoms with van der Waals surface area (Å²) in [6.07, 6.45) is -6.31. The third-order valence-electron chi connectivity index (χ3n) is 6.01. The summed E-state index contributed by atoms with van der Waals surface area (Å²) in [5.74, 6) is -2.22. The van der Waals surface area contributed by atoms with E-state index in [0.29, 0.717) is 19.0 Å². The number of aromatic amines is 1. The standard InChI is InChI=1S/C24H20F7N7O2/c1-11(35-17-10-34-37-21(39)18(17)24(29,30)31)3-2-5-38-6-4-12-7-14(16(25)8-13(12)22(38)40)20-33-9-15(19(32)36-20)23(26,27)28/h4,6-11H,2-3,5H2,1H3,(H2,32,33,36)(H2,35,37,39). The first-order chi connectivity index (χ1) is 18.7. The number of aryl methyl sites for hydroxylation is 1. The highest BCUT2D eigenvalue weighted by Gasteiger charge is 2.37. The molecule has 40 heavy (non-hydrogen) atoms. The number of fused-ring (bicyclic) bond motifs is 1. The van der Waals surface area contributed by atoms with E-state index in [2.05, 4.69) is 20.4 Å². The number of hydrogen-bond donors (Lipinski definition) is 3. The van der Waals surface area contributed by atoms with E-state index in [4.69, 9.17) is 5.73 Å². The van der Waals surface area contributed by atoms with Crippen molar-refractivity contribution in [2.24, 2.45) is 0 Å². The minimum absolute atomic E-state index is 0.0146. The molecule has 0 aliphatic rings. The van der Waals surface area contributed by atoms with Gasteiger partial charge in [0.05, 0.1) is 22.8 Å². The predicted molar refractivity (Wildman–Crippen MR) is 131 cm³/mol. The number of benzene rings is 1. The Kier molecular flexibility index (Phi) is 7.54. The zero-order valence-electron chi connectivity index (χ0n) is 20.5. The molecule has 1 aromatic carbocycles. The molecule has 16 heteroatoms. The fourth-order valence-electron chi connectivity index (χ4n) is 4.09. The normalized spacial score (nSPS) is 13.0. The lowest BCUT2D eigenvalue weighted by Gasteiger charge is -2.18. The number of halogens is 7. The van der Waals surface area contributed by atoms with E-state index >= 15 is 0 Å². The van der Waals surface area contributed by atoms with Gasteiger partial charge in [0.1, 0.15) is 22.8 Å². The number of nitrogens with two attached hydrogens (primary N) is 1. The van der Waals surface area contributed by atoms with Crippen LogP contribution in [0.3, 0.4) is 0 Å². The smallest absolute Gasteiger partial charge is 0.383 e. The van der Waals surface area contributed by atoms with Gasteiger partial charge in [-0.15, -0.1) is 0 Å². The first kappa shape index (κ1) is 28.5. The molecular weight excluding hydrogens is 551 g/mol. The molecule has 3 heterocycles. The quantitative estimate of drug-likeness (QED) is 0.277. The summed E-state index contributed by atoms with van der Waals surface area (Å²) in [4.78, 5) is 31.7. The Morgan fingerprint density at radius 2 is 1.82 bits per heavy atom. The molecule has 0 amide bonds. The number of H-pyrrole nitrogens is 1. The summed E-state index contributed by atoms with van der Waals surface area (Å²) >= 11 is 0. The summed E-state index contributed by atoms with van der Waals surface area (Å²) in [5.41, 5.74) is 0.0473. The summed E-state index contributed by atoms with van der Waals surface area (Å²) in [5, 5.41) is 8.01.